The molecule has 0 spiro atoms. The molecule has 0 aromatic heterocycles. The quantitative estimate of drug-likeness (QED) is 0.129. The van der Waals surface area contributed by atoms with Gasteiger partial charge in [0.15, 0.2) is 5.54 Å². The van der Waals surface area contributed by atoms with Gasteiger partial charge >= 0.3 is 12.1 Å². The van der Waals surface area contributed by atoms with Gasteiger partial charge < -0.3 is 14.8 Å². The first kappa shape index (κ1) is 25.7. The highest BCUT2D eigenvalue weighted by atomic mass is 32.2. The molecular formula is C17H30N6O6S. The van der Waals surface area contributed by atoms with E-state index >= 15 is 0 Å². The van der Waals surface area contributed by atoms with Crippen molar-refractivity contribution in [2.75, 3.05) is 32.8 Å². The van der Waals surface area contributed by atoms with Crippen LogP contribution in [0.4, 0.5) is 4.79 Å². The monoisotopic (exact) mass is 446 g/mol. The fraction of sp³-hybridized carbons (Fsp3) is 0.765. The lowest BCUT2D eigenvalue weighted by Crippen LogP contribution is -2.48. The molecule has 0 saturated carbocycles. The van der Waals surface area contributed by atoms with Gasteiger partial charge in [0, 0.05) is 31.1 Å². The lowest BCUT2D eigenvalue weighted by Gasteiger charge is -2.26. The molecule has 12 nitrogen and oxygen atoms in total. The molecule has 2 N–H and O–H groups in total. The van der Waals surface area contributed by atoms with E-state index in [0.717, 1.165) is 4.31 Å². The molecule has 2 atom stereocenters. The highest BCUT2D eigenvalue weighted by molar-refractivity contribution is 7.87. The van der Waals surface area contributed by atoms with Crippen molar-refractivity contribution >= 4 is 22.3 Å². The van der Waals surface area contributed by atoms with Gasteiger partial charge in [0.25, 0.3) is 10.2 Å². The van der Waals surface area contributed by atoms with E-state index in [4.69, 9.17) is 15.0 Å². The number of rotatable bonds is 10. The highest BCUT2D eigenvalue weighted by Crippen LogP contribution is 2.36. The minimum absolute atomic E-state index is 0.00254. The Morgan fingerprint density at radius 3 is 2.60 bits per heavy atom. The van der Waals surface area contributed by atoms with Crippen LogP contribution in [0.5, 0.6) is 0 Å². The van der Waals surface area contributed by atoms with Crippen LogP contribution in [0.2, 0.25) is 0 Å². The van der Waals surface area contributed by atoms with Crippen molar-refractivity contribution < 1.29 is 27.5 Å². The molecule has 170 valence electrons. The van der Waals surface area contributed by atoms with Crippen molar-refractivity contribution in [3.63, 3.8) is 0 Å². The van der Waals surface area contributed by atoms with Crippen LogP contribution in [0, 0.1) is 5.92 Å². The van der Waals surface area contributed by atoms with Crippen molar-refractivity contribution in [2.24, 2.45) is 11.0 Å². The number of carbonyl (C=O) groups is 2. The summed E-state index contributed by atoms with van der Waals surface area (Å²) in [6.45, 7) is 9.90. The second-order valence-electron chi connectivity index (χ2n) is 7.68. The van der Waals surface area contributed by atoms with E-state index in [0.29, 0.717) is 0 Å². The molecule has 0 aromatic carbocycles. The van der Waals surface area contributed by atoms with Gasteiger partial charge in [-0.1, -0.05) is 11.2 Å². The van der Waals surface area contributed by atoms with Crippen LogP contribution in [0.3, 0.4) is 0 Å². The van der Waals surface area contributed by atoms with Crippen LogP contribution >= 0.6 is 0 Å². The molecule has 1 fully saturated rings. The van der Waals surface area contributed by atoms with E-state index in [1.807, 2.05) is 0 Å². The first-order valence-electron chi connectivity index (χ1n) is 9.47. The zero-order valence-corrected chi connectivity index (χ0v) is 18.6. The number of amides is 1. The molecule has 1 aliphatic rings. The number of esters is 1. The van der Waals surface area contributed by atoms with Crippen LogP contribution in [0.1, 0.15) is 34.1 Å². The molecule has 0 radical (unpaired) electrons. The Labute approximate surface area is 176 Å². The summed E-state index contributed by atoms with van der Waals surface area (Å²) in [5.41, 5.74) is 6.63. The molecule has 1 heterocycles. The Morgan fingerprint density at radius 2 is 2.07 bits per heavy atom. The zero-order chi connectivity index (χ0) is 23.0. The maximum absolute atomic E-state index is 12.7. The summed E-state index contributed by atoms with van der Waals surface area (Å²) in [5.74, 6) is -1.40. The molecule has 2 unspecified atom stereocenters. The van der Waals surface area contributed by atoms with Crippen LogP contribution in [0.25, 0.3) is 10.4 Å². The number of azide groups is 1. The number of hydrogen-bond donors (Lipinski definition) is 2. The Hall–Kier alpha value is -2.34. The maximum atomic E-state index is 12.7. The average molecular weight is 447 g/mol. The first-order chi connectivity index (χ1) is 13.9. The average Bonchev–Trinajstić information content (AvgIpc) is 2.99. The van der Waals surface area contributed by atoms with E-state index < -0.39 is 39.3 Å². The molecule has 1 saturated heterocycles. The number of carbonyl (C=O) groups excluding carboxylic acids is 2. The summed E-state index contributed by atoms with van der Waals surface area (Å²) in [4.78, 5) is 26.9. The smallest absolute Gasteiger partial charge is 0.407 e. The van der Waals surface area contributed by atoms with Gasteiger partial charge in [0.05, 0.1) is 6.61 Å². The van der Waals surface area contributed by atoms with E-state index in [1.54, 1.807) is 27.7 Å². The van der Waals surface area contributed by atoms with Gasteiger partial charge in [-0.05, 0) is 45.6 Å². The molecular weight excluding hydrogens is 416 g/mol. The molecule has 0 aliphatic carbocycles. The molecule has 30 heavy (non-hydrogen) atoms. The Bertz CT molecular complexity index is 789. The number of ether oxygens (including phenoxy) is 2. The summed E-state index contributed by atoms with van der Waals surface area (Å²) in [7, 11) is -4.02. The number of nitrogens with zero attached hydrogens (tertiary/aromatic N) is 4. The lowest BCUT2D eigenvalue weighted by atomic mass is 9.85. The fourth-order valence-electron chi connectivity index (χ4n) is 2.98. The predicted molar refractivity (Wildman–Crippen MR) is 110 cm³/mol. The van der Waals surface area contributed by atoms with Gasteiger partial charge in [0.1, 0.15) is 5.60 Å². The van der Waals surface area contributed by atoms with Gasteiger partial charge in [-0.25, -0.2) is 9.52 Å². The third-order valence-corrected chi connectivity index (χ3v) is 5.76. The van der Waals surface area contributed by atoms with Crippen molar-refractivity contribution in [3.05, 3.63) is 23.1 Å². The number of hydrogen-bond acceptors (Lipinski definition) is 7. The van der Waals surface area contributed by atoms with Crippen LogP contribution in [0.15, 0.2) is 17.8 Å². The second kappa shape index (κ2) is 10.6. The third kappa shape index (κ3) is 6.87. The Kier molecular flexibility index (Phi) is 9.09. The number of nitrogens with one attached hydrogen (secondary N) is 2. The largest absolute Gasteiger partial charge is 0.465 e. The van der Waals surface area contributed by atoms with Crippen molar-refractivity contribution in [3.8, 4) is 0 Å². The summed E-state index contributed by atoms with van der Waals surface area (Å²) < 4.78 is 38.9. The Morgan fingerprint density at radius 1 is 1.40 bits per heavy atom. The maximum Gasteiger partial charge on any atom is 0.407 e. The highest BCUT2D eigenvalue weighted by Gasteiger charge is 2.55. The lowest BCUT2D eigenvalue weighted by molar-refractivity contribution is -0.150. The number of allylic oxidation sites excluding steroid dienone is 1. The summed E-state index contributed by atoms with van der Waals surface area (Å²) in [6.07, 6.45) is 1.11. The van der Waals surface area contributed by atoms with Crippen molar-refractivity contribution in [2.45, 2.75) is 45.3 Å². The SMILES string of the molecule is C=CCC1CN(S(=O)(=O)NCCNC(=O)OC(C)(C)C)CC1(N=[N+]=[N-])C(=O)OCC. The van der Waals surface area contributed by atoms with Crippen molar-refractivity contribution in [1.29, 1.82) is 0 Å². The van der Waals surface area contributed by atoms with E-state index in [2.05, 4.69) is 26.6 Å². The van der Waals surface area contributed by atoms with Crippen LogP contribution in [-0.2, 0) is 24.5 Å². The number of alkyl carbamates (subject to hydrolysis) is 1. The predicted octanol–water partition coefficient (Wildman–Crippen LogP) is 1.47. The zero-order valence-electron chi connectivity index (χ0n) is 17.8. The molecule has 13 heteroatoms. The van der Waals surface area contributed by atoms with Crippen LogP contribution in [-0.4, -0.2) is 68.7 Å². The van der Waals surface area contributed by atoms with Gasteiger partial charge in [-0.15, -0.1) is 6.58 Å². The van der Waals surface area contributed by atoms with Gasteiger partial charge in [-0.3, -0.25) is 4.79 Å². The van der Waals surface area contributed by atoms with E-state index in [1.165, 1.54) is 6.08 Å². The third-order valence-electron chi connectivity index (χ3n) is 4.24. The second-order valence-corrected chi connectivity index (χ2v) is 9.43. The first-order valence-corrected chi connectivity index (χ1v) is 10.9. The van der Waals surface area contributed by atoms with E-state index in [9.17, 15) is 18.0 Å². The summed E-state index contributed by atoms with van der Waals surface area (Å²) >= 11 is 0. The molecule has 0 bridgehead atoms. The summed E-state index contributed by atoms with van der Waals surface area (Å²) in [5, 5.41) is 6.08. The molecule has 1 aliphatic heterocycles. The van der Waals surface area contributed by atoms with Crippen LogP contribution < -0.4 is 10.0 Å². The molecule has 0 aromatic rings. The fourth-order valence-corrected chi connectivity index (χ4v) is 4.27. The molecule has 1 rings (SSSR count). The van der Waals surface area contributed by atoms with Gasteiger partial charge in [0.2, 0.25) is 0 Å². The topological polar surface area (TPSA) is 163 Å². The van der Waals surface area contributed by atoms with Gasteiger partial charge in [-0.2, -0.15) is 12.7 Å². The molecule has 1 amide bonds. The summed E-state index contributed by atoms with van der Waals surface area (Å²) in [6, 6.07) is 0. The van der Waals surface area contributed by atoms with Crippen molar-refractivity contribution in [1.82, 2.24) is 14.3 Å². The minimum atomic E-state index is -4.02. The minimum Gasteiger partial charge on any atom is -0.465 e. The van der Waals surface area contributed by atoms with E-state index in [-0.39, 0.29) is 39.2 Å². The standard InChI is InChI=1S/C17H30N6O6S/c1-6-8-13-11-23(12-17(13,21-22-18)14(24)28-7-2)30(26,27)20-10-9-19-15(25)29-16(3,4)5/h6,13,20H,1,7-12H2,2-5H3,(H,19,25). The Balaban J connectivity index is 2.84. The normalized spacial score (nSPS) is 22.1.